The first-order valence-electron chi connectivity index (χ1n) is 8.26. The van der Waals surface area contributed by atoms with Gasteiger partial charge in [0.15, 0.2) is 5.13 Å². The predicted molar refractivity (Wildman–Crippen MR) is 105 cm³/mol. The normalized spacial score (nSPS) is 10.6. The number of thiazole rings is 1. The van der Waals surface area contributed by atoms with E-state index in [1.54, 1.807) is 29.6 Å². The summed E-state index contributed by atoms with van der Waals surface area (Å²) in [4.78, 5) is 28.6. The van der Waals surface area contributed by atoms with Crippen LogP contribution in [-0.4, -0.2) is 16.8 Å². The molecule has 0 unspecified atom stereocenters. The smallest absolute Gasteiger partial charge is 0.275 e. The Morgan fingerprint density at radius 3 is 2.27 bits per heavy atom. The Morgan fingerprint density at radius 1 is 0.923 bits per heavy atom. The Bertz CT molecular complexity index is 902. The van der Waals surface area contributed by atoms with Crippen LogP contribution in [0.25, 0.3) is 0 Å². The summed E-state index contributed by atoms with van der Waals surface area (Å²) in [5, 5.41) is 7.53. The van der Waals surface area contributed by atoms with Gasteiger partial charge in [-0.05, 0) is 35.7 Å². The first kappa shape index (κ1) is 17.8. The van der Waals surface area contributed by atoms with Crippen LogP contribution in [0.1, 0.15) is 46.2 Å². The Kier molecular flexibility index (Phi) is 5.43. The number of rotatable bonds is 5. The zero-order valence-corrected chi connectivity index (χ0v) is 15.3. The molecule has 0 aliphatic rings. The molecule has 3 aromatic rings. The van der Waals surface area contributed by atoms with Gasteiger partial charge in [0.25, 0.3) is 11.8 Å². The largest absolute Gasteiger partial charge is 0.321 e. The first-order chi connectivity index (χ1) is 12.5. The highest BCUT2D eigenvalue weighted by molar-refractivity contribution is 7.14. The van der Waals surface area contributed by atoms with Crippen molar-refractivity contribution in [2.24, 2.45) is 0 Å². The van der Waals surface area contributed by atoms with Crippen molar-refractivity contribution in [3.8, 4) is 0 Å². The van der Waals surface area contributed by atoms with E-state index in [9.17, 15) is 9.59 Å². The van der Waals surface area contributed by atoms with E-state index in [0.717, 1.165) is 0 Å². The SMILES string of the molecule is CC(C)c1ccc(NC(=O)c2csc(NC(=O)c3ccccc3)n2)cc1. The van der Waals surface area contributed by atoms with Crippen LogP contribution in [-0.2, 0) is 0 Å². The minimum atomic E-state index is -0.307. The fourth-order valence-corrected chi connectivity index (χ4v) is 3.03. The monoisotopic (exact) mass is 365 g/mol. The number of anilines is 2. The van der Waals surface area contributed by atoms with Crippen LogP contribution in [0.5, 0.6) is 0 Å². The zero-order chi connectivity index (χ0) is 18.5. The summed E-state index contributed by atoms with van der Waals surface area (Å²) in [5.41, 5.74) is 2.73. The van der Waals surface area contributed by atoms with Crippen molar-refractivity contribution in [1.29, 1.82) is 0 Å². The molecule has 0 spiro atoms. The molecule has 1 heterocycles. The van der Waals surface area contributed by atoms with E-state index in [-0.39, 0.29) is 17.5 Å². The molecule has 2 N–H and O–H groups in total. The number of benzene rings is 2. The van der Waals surface area contributed by atoms with Crippen LogP contribution in [0.3, 0.4) is 0 Å². The third kappa shape index (κ3) is 4.34. The molecule has 0 saturated heterocycles. The fraction of sp³-hybridized carbons (Fsp3) is 0.150. The van der Waals surface area contributed by atoms with Gasteiger partial charge in [0.1, 0.15) is 5.69 Å². The Balaban J connectivity index is 1.63. The Labute approximate surface area is 156 Å². The van der Waals surface area contributed by atoms with Gasteiger partial charge in [-0.15, -0.1) is 11.3 Å². The summed E-state index contributed by atoms with van der Waals surface area (Å²) < 4.78 is 0. The molecule has 0 aliphatic heterocycles. The van der Waals surface area contributed by atoms with E-state index in [1.807, 2.05) is 30.3 Å². The summed E-state index contributed by atoms with van der Waals surface area (Å²) in [5.74, 6) is -0.121. The second-order valence-electron chi connectivity index (χ2n) is 6.09. The fourth-order valence-electron chi connectivity index (χ4n) is 2.34. The molecule has 3 rings (SSSR count). The quantitative estimate of drug-likeness (QED) is 0.684. The third-order valence-corrected chi connectivity index (χ3v) is 4.59. The molecule has 132 valence electrons. The topological polar surface area (TPSA) is 71.1 Å². The van der Waals surface area contributed by atoms with Crippen LogP contribution >= 0.6 is 11.3 Å². The lowest BCUT2D eigenvalue weighted by Crippen LogP contribution is -2.14. The van der Waals surface area contributed by atoms with E-state index >= 15 is 0 Å². The molecule has 0 saturated carbocycles. The van der Waals surface area contributed by atoms with Crippen molar-refractivity contribution in [3.05, 3.63) is 76.8 Å². The molecule has 1 aromatic heterocycles. The second kappa shape index (κ2) is 7.93. The number of carbonyl (C=O) groups is 2. The van der Waals surface area contributed by atoms with Crippen LogP contribution in [0, 0.1) is 0 Å². The van der Waals surface area contributed by atoms with Crippen LogP contribution in [0.2, 0.25) is 0 Å². The average Bonchev–Trinajstić information content (AvgIpc) is 3.11. The number of amides is 2. The summed E-state index contributed by atoms with van der Waals surface area (Å²) in [6.45, 7) is 4.24. The van der Waals surface area contributed by atoms with Crippen molar-refractivity contribution in [2.45, 2.75) is 19.8 Å². The van der Waals surface area contributed by atoms with Gasteiger partial charge in [-0.1, -0.05) is 44.2 Å². The van der Waals surface area contributed by atoms with Gasteiger partial charge in [-0.2, -0.15) is 0 Å². The van der Waals surface area contributed by atoms with Gasteiger partial charge in [0, 0.05) is 16.6 Å². The van der Waals surface area contributed by atoms with Gasteiger partial charge in [-0.3, -0.25) is 14.9 Å². The van der Waals surface area contributed by atoms with Gasteiger partial charge in [0.2, 0.25) is 0 Å². The molecule has 0 fully saturated rings. The lowest BCUT2D eigenvalue weighted by Gasteiger charge is -2.07. The molecule has 2 amide bonds. The van der Waals surface area contributed by atoms with Gasteiger partial charge in [0.05, 0.1) is 0 Å². The molecule has 5 nitrogen and oxygen atoms in total. The predicted octanol–water partition coefficient (Wildman–Crippen LogP) is 4.77. The molecule has 0 radical (unpaired) electrons. The average molecular weight is 365 g/mol. The van der Waals surface area contributed by atoms with Gasteiger partial charge >= 0.3 is 0 Å². The highest BCUT2D eigenvalue weighted by Crippen LogP contribution is 2.20. The summed E-state index contributed by atoms with van der Waals surface area (Å²) in [6.07, 6.45) is 0. The molecule has 2 aromatic carbocycles. The lowest BCUT2D eigenvalue weighted by atomic mass is 10.0. The molecule has 0 aliphatic carbocycles. The summed E-state index contributed by atoms with van der Waals surface area (Å²) >= 11 is 1.21. The van der Waals surface area contributed by atoms with E-state index in [2.05, 4.69) is 29.5 Å². The number of nitrogens with zero attached hydrogens (tertiary/aromatic N) is 1. The first-order valence-corrected chi connectivity index (χ1v) is 9.14. The standard InChI is InChI=1S/C20H19N3O2S/c1-13(2)14-8-10-16(11-9-14)21-19(25)17-12-26-20(22-17)23-18(24)15-6-4-3-5-7-15/h3-13H,1-2H3,(H,21,25)(H,22,23,24). The van der Waals surface area contributed by atoms with Crippen molar-refractivity contribution in [3.63, 3.8) is 0 Å². The van der Waals surface area contributed by atoms with Gasteiger partial charge in [-0.25, -0.2) is 4.98 Å². The van der Waals surface area contributed by atoms with Crippen molar-refractivity contribution in [1.82, 2.24) is 4.98 Å². The number of hydrogen-bond acceptors (Lipinski definition) is 4. The number of carbonyl (C=O) groups excluding carboxylic acids is 2. The summed E-state index contributed by atoms with van der Waals surface area (Å²) in [7, 11) is 0. The van der Waals surface area contributed by atoms with E-state index < -0.39 is 0 Å². The minimum Gasteiger partial charge on any atom is -0.321 e. The maximum atomic E-state index is 12.3. The maximum Gasteiger partial charge on any atom is 0.275 e. The third-order valence-electron chi connectivity index (χ3n) is 3.83. The van der Waals surface area contributed by atoms with Crippen molar-refractivity contribution < 1.29 is 9.59 Å². The lowest BCUT2D eigenvalue weighted by molar-refractivity contribution is 0.101. The second-order valence-corrected chi connectivity index (χ2v) is 6.95. The van der Waals surface area contributed by atoms with Gasteiger partial charge < -0.3 is 5.32 Å². The van der Waals surface area contributed by atoms with Crippen LogP contribution in [0.4, 0.5) is 10.8 Å². The molecule has 0 atom stereocenters. The van der Waals surface area contributed by atoms with Crippen molar-refractivity contribution in [2.75, 3.05) is 10.6 Å². The Morgan fingerprint density at radius 2 is 1.62 bits per heavy atom. The number of aromatic nitrogens is 1. The number of hydrogen-bond donors (Lipinski definition) is 2. The number of nitrogens with one attached hydrogen (secondary N) is 2. The maximum absolute atomic E-state index is 12.3. The minimum absolute atomic E-state index is 0.254. The molecular formula is C20H19N3O2S. The van der Waals surface area contributed by atoms with E-state index in [1.165, 1.54) is 16.9 Å². The zero-order valence-electron chi connectivity index (χ0n) is 14.5. The Hall–Kier alpha value is -2.99. The highest BCUT2D eigenvalue weighted by Gasteiger charge is 2.13. The molecule has 26 heavy (non-hydrogen) atoms. The van der Waals surface area contributed by atoms with Crippen LogP contribution in [0.15, 0.2) is 60.0 Å². The highest BCUT2D eigenvalue weighted by atomic mass is 32.1. The van der Waals surface area contributed by atoms with Crippen molar-refractivity contribution >= 4 is 34.0 Å². The molecular weight excluding hydrogens is 346 g/mol. The van der Waals surface area contributed by atoms with E-state index in [4.69, 9.17) is 0 Å². The summed E-state index contributed by atoms with van der Waals surface area (Å²) in [6, 6.07) is 16.6. The van der Waals surface area contributed by atoms with E-state index in [0.29, 0.717) is 22.3 Å². The molecule has 6 heteroatoms. The molecule has 0 bridgehead atoms. The van der Waals surface area contributed by atoms with Crippen LogP contribution < -0.4 is 10.6 Å².